The SMILES string of the molecule is [2H]C1([2H])OC([2H])([2H])C([2H])([2H])N(CC(=O)Nc2cc3cc(-c4nnc(C)s4)ccc3nn2)C1([2H])[2H]. The first-order chi connectivity index (χ1) is 15.6. The molecule has 26 heavy (non-hydrogen) atoms. The summed E-state index contributed by atoms with van der Waals surface area (Å²) < 4.78 is 67.1. The van der Waals surface area contributed by atoms with Crippen LogP contribution in [-0.4, -0.2) is 63.9 Å². The molecule has 2 aromatic heterocycles. The van der Waals surface area contributed by atoms with E-state index in [9.17, 15) is 4.79 Å². The molecule has 9 heteroatoms. The second-order valence-corrected chi connectivity index (χ2v) is 6.48. The number of nitrogens with zero attached hydrogens (tertiary/aromatic N) is 5. The summed E-state index contributed by atoms with van der Waals surface area (Å²) in [5.74, 6) is -0.964. The van der Waals surface area contributed by atoms with Gasteiger partial charge in [-0.2, -0.15) is 0 Å². The van der Waals surface area contributed by atoms with E-state index >= 15 is 0 Å². The van der Waals surface area contributed by atoms with Gasteiger partial charge >= 0.3 is 0 Å². The Hall–Kier alpha value is -2.49. The lowest BCUT2D eigenvalue weighted by atomic mass is 10.1. The number of rotatable bonds is 4. The number of aromatic nitrogens is 4. The molecular formula is C17H18N6O2S. The Balaban J connectivity index is 1.58. The van der Waals surface area contributed by atoms with E-state index in [2.05, 4.69) is 30.4 Å². The zero-order valence-electron chi connectivity index (χ0n) is 21.5. The summed E-state index contributed by atoms with van der Waals surface area (Å²) in [4.78, 5) is 12.8. The van der Waals surface area contributed by atoms with E-state index in [0.717, 1.165) is 10.6 Å². The van der Waals surface area contributed by atoms with Gasteiger partial charge in [0.25, 0.3) is 0 Å². The Morgan fingerprint density at radius 1 is 1.27 bits per heavy atom. The molecular weight excluding hydrogens is 352 g/mol. The van der Waals surface area contributed by atoms with E-state index in [1.54, 1.807) is 18.2 Å². The number of anilines is 1. The van der Waals surface area contributed by atoms with Gasteiger partial charge in [-0.1, -0.05) is 11.3 Å². The Morgan fingerprint density at radius 2 is 2.12 bits per heavy atom. The summed E-state index contributed by atoms with van der Waals surface area (Å²) in [5, 5.41) is 20.5. The van der Waals surface area contributed by atoms with Gasteiger partial charge in [0.2, 0.25) is 5.91 Å². The van der Waals surface area contributed by atoms with Crippen molar-refractivity contribution in [1.82, 2.24) is 25.3 Å². The summed E-state index contributed by atoms with van der Waals surface area (Å²) >= 11 is 1.41. The highest BCUT2D eigenvalue weighted by Crippen LogP contribution is 2.26. The van der Waals surface area contributed by atoms with Gasteiger partial charge in [0.1, 0.15) is 10.0 Å². The lowest BCUT2D eigenvalue weighted by Crippen LogP contribution is -2.41. The molecule has 0 aliphatic carbocycles. The van der Waals surface area contributed by atoms with Gasteiger partial charge in [-0.3, -0.25) is 9.69 Å². The minimum atomic E-state index is -3.23. The third-order valence-corrected chi connectivity index (χ3v) is 4.28. The van der Waals surface area contributed by atoms with Crippen LogP contribution < -0.4 is 5.32 Å². The van der Waals surface area contributed by atoms with E-state index in [1.165, 1.54) is 17.4 Å². The molecule has 0 spiro atoms. The van der Waals surface area contributed by atoms with Crippen LogP contribution in [0.2, 0.25) is 0 Å². The van der Waals surface area contributed by atoms with Gasteiger partial charge in [0, 0.05) is 29.4 Å². The van der Waals surface area contributed by atoms with E-state index < -0.39 is 38.6 Å². The van der Waals surface area contributed by atoms with Gasteiger partial charge in [0.05, 0.1) is 30.7 Å². The lowest BCUT2D eigenvalue weighted by molar-refractivity contribution is -0.118. The van der Waals surface area contributed by atoms with Crippen LogP contribution in [-0.2, 0) is 9.53 Å². The molecule has 4 rings (SSSR count). The molecule has 0 saturated carbocycles. The van der Waals surface area contributed by atoms with Crippen molar-refractivity contribution in [2.24, 2.45) is 0 Å². The second kappa shape index (κ2) is 7.40. The molecule has 0 bridgehead atoms. The second-order valence-electron chi connectivity index (χ2n) is 5.29. The van der Waals surface area contributed by atoms with Crippen molar-refractivity contribution in [3.05, 3.63) is 29.3 Å². The molecule has 1 aromatic carbocycles. The quantitative estimate of drug-likeness (QED) is 0.739. The number of aryl methyl sites for hydroxylation is 1. The van der Waals surface area contributed by atoms with Crippen molar-refractivity contribution in [3.8, 4) is 10.6 Å². The number of amides is 1. The first-order valence-electron chi connectivity index (χ1n) is 11.5. The number of nitrogens with one attached hydrogen (secondary N) is 1. The van der Waals surface area contributed by atoms with Crippen LogP contribution in [0.15, 0.2) is 24.3 Å². The number of hydrogen-bond donors (Lipinski definition) is 1. The molecule has 3 heterocycles. The fourth-order valence-electron chi connectivity index (χ4n) is 2.27. The number of ether oxygens (including phenoxy) is 1. The highest BCUT2D eigenvalue weighted by molar-refractivity contribution is 7.14. The van der Waals surface area contributed by atoms with E-state index in [0.29, 0.717) is 15.9 Å². The number of fused-ring (bicyclic) bond motifs is 1. The highest BCUT2D eigenvalue weighted by Gasteiger charge is 2.15. The largest absolute Gasteiger partial charge is 0.379 e. The van der Waals surface area contributed by atoms with Crippen molar-refractivity contribution in [1.29, 1.82) is 0 Å². The minimum Gasteiger partial charge on any atom is -0.379 e. The molecule has 0 atom stereocenters. The molecule has 8 nitrogen and oxygen atoms in total. The highest BCUT2D eigenvalue weighted by atomic mass is 32.1. The van der Waals surface area contributed by atoms with Crippen LogP contribution in [0, 0.1) is 6.92 Å². The number of morpholine rings is 1. The van der Waals surface area contributed by atoms with Gasteiger partial charge in [-0.25, -0.2) is 0 Å². The predicted octanol–water partition coefficient (Wildman–Crippen LogP) is 1.73. The lowest BCUT2D eigenvalue weighted by Gasteiger charge is -2.25. The van der Waals surface area contributed by atoms with Crippen molar-refractivity contribution in [2.45, 2.75) is 6.92 Å². The summed E-state index contributed by atoms with van der Waals surface area (Å²) in [6, 6.07) is 6.82. The molecule has 1 N–H and O–H groups in total. The Bertz CT molecular complexity index is 1240. The maximum atomic E-state index is 12.6. The smallest absolute Gasteiger partial charge is 0.239 e. The zero-order valence-corrected chi connectivity index (χ0v) is 14.3. The molecule has 0 unspecified atom stereocenters. The molecule has 1 aliphatic heterocycles. The third-order valence-electron chi connectivity index (χ3n) is 3.39. The normalized spacial score (nSPS) is 27.6. The van der Waals surface area contributed by atoms with Crippen molar-refractivity contribution in [2.75, 3.05) is 38.0 Å². The van der Waals surface area contributed by atoms with E-state index in [1.807, 2.05) is 6.92 Å². The van der Waals surface area contributed by atoms with Crippen LogP contribution in [0.1, 0.15) is 16.0 Å². The summed E-state index contributed by atoms with van der Waals surface area (Å²) in [7, 11) is 0. The summed E-state index contributed by atoms with van der Waals surface area (Å²) in [5.41, 5.74) is 1.31. The van der Waals surface area contributed by atoms with Gasteiger partial charge in [-0.15, -0.1) is 20.4 Å². The van der Waals surface area contributed by atoms with E-state index in [-0.39, 0.29) is 10.7 Å². The van der Waals surface area contributed by atoms with Gasteiger partial charge in [-0.05, 0) is 31.2 Å². The van der Waals surface area contributed by atoms with Gasteiger partial charge < -0.3 is 10.1 Å². The van der Waals surface area contributed by atoms with Crippen LogP contribution in [0.5, 0.6) is 0 Å². The predicted molar refractivity (Wildman–Crippen MR) is 99.1 cm³/mol. The van der Waals surface area contributed by atoms with Crippen molar-refractivity contribution in [3.63, 3.8) is 0 Å². The molecule has 1 aliphatic rings. The number of carbonyl (C=O) groups excluding carboxylic acids is 1. The van der Waals surface area contributed by atoms with E-state index in [4.69, 9.17) is 11.0 Å². The molecule has 1 amide bonds. The Kier molecular flexibility index (Phi) is 2.85. The fourth-order valence-corrected chi connectivity index (χ4v) is 2.95. The Morgan fingerprint density at radius 3 is 2.88 bits per heavy atom. The number of hydrogen-bond acceptors (Lipinski definition) is 8. The first kappa shape index (κ1) is 10.0. The molecule has 1 saturated heterocycles. The fraction of sp³-hybridized carbons (Fsp3) is 0.353. The number of benzene rings is 1. The van der Waals surface area contributed by atoms with Crippen molar-refractivity contribution < 1.29 is 20.5 Å². The molecule has 1 fully saturated rings. The zero-order chi connectivity index (χ0) is 25.1. The van der Waals surface area contributed by atoms with Gasteiger partial charge in [0.15, 0.2) is 5.82 Å². The monoisotopic (exact) mass is 378 g/mol. The average Bonchev–Trinajstić information content (AvgIpc) is 3.16. The maximum absolute atomic E-state index is 12.6. The van der Waals surface area contributed by atoms with Crippen LogP contribution in [0.25, 0.3) is 21.5 Å². The summed E-state index contributed by atoms with van der Waals surface area (Å²) in [6.45, 7) is -12.0. The topological polar surface area (TPSA) is 93.1 Å². The molecule has 0 radical (unpaired) electrons. The van der Waals surface area contributed by atoms with Crippen LogP contribution >= 0.6 is 11.3 Å². The minimum absolute atomic E-state index is 0.0107. The molecule has 3 aromatic rings. The van der Waals surface area contributed by atoms with Crippen molar-refractivity contribution >= 4 is 34.0 Å². The Labute approximate surface area is 165 Å². The van der Waals surface area contributed by atoms with Crippen LogP contribution in [0.4, 0.5) is 5.82 Å². The third kappa shape index (κ3) is 3.85. The maximum Gasteiger partial charge on any atom is 0.239 e. The summed E-state index contributed by atoms with van der Waals surface area (Å²) in [6.07, 6.45) is 0. The molecule has 134 valence electrons. The average molecular weight is 378 g/mol. The van der Waals surface area contributed by atoms with Crippen LogP contribution in [0.3, 0.4) is 0 Å². The first-order valence-corrected chi connectivity index (χ1v) is 8.31. The number of carbonyl (C=O) groups is 1. The standard InChI is InChI=1S/C17H18N6O2S/c1-11-19-22-17(26-11)12-2-3-14-13(8-12)9-15(21-20-14)18-16(24)10-23-4-6-25-7-5-23/h2-3,8-9H,4-7,10H2,1H3,(H,18,21,24)/i4D2,5D2,6D2,7D2.